The number of ether oxygens (including phenoxy) is 2. The molecule has 2 amide bonds. The molecule has 1 aromatic carbocycles. The first-order valence-electron chi connectivity index (χ1n) is 7.30. The van der Waals surface area contributed by atoms with Crippen LogP contribution in [0.2, 0.25) is 0 Å². The van der Waals surface area contributed by atoms with Crippen LogP contribution in [0, 0.1) is 0 Å². The molecular weight excluding hydrogens is 336 g/mol. The Morgan fingerprint density at radius 3 is 2.75 bits per heavy atom. The van der Waals surface area contributed by atoms with E-state index in [-0.39, 0.29) is 13.3 Å². The topological polar surface area (TPSA) is 114 Å². The van der Waals surface area contributed by atoms with E-state index in [9.17, 15) is 19.5 Å². The molecule has 3 rings (SSSR count). The minimum Gasteiger partial charge on any atom is -0.479 e. The van der Waals surface area contributed by atoms with E-state index in [1.807, 2.05) is 0 Å². The van der Waals surface area contributed by atoms with Gasteiger partial charge in [0.1, 0.15) is 5.54 Å². The van der Waals surface area contributed by atoms with E-state index in [4.69, 9.17) is 9.47 Å². The van der Waals surface area contributed by atoms with E-state index >= 15 is 0 Å². The zero-order valence-electron chi connectivity index (χ0n) is 12.7. The van der Waals surface area contributed by atoms with Crippen LogP contribution in [0.5, 0.6) is 11.5 Å². The molecule has 3 N–H and O–H groups in total. The lowest BCUT2D eigenvalue weighted by atomic mass is 9.99. The number of rotatable bonds is 5. The van der Waals surface area contributed by atoms with Crippen LogP contribution in [-0.2, 0) is 9.59 Å². The molecule has 0 aliphatic carbocycles. The molecule has 1 atom stereocenters. The molecule has 24 heavy (non-hydrogen) atoms. The summed E-state index contributed by atoms with van der Waals surface area (Å²) in [7, 11) is 0. The normalized spacial score (nSPS) is 21.3. The Bertz CT molecular complexity index is 687. The number of benzene rings is 1. The molecule has 2 aliphatic heterocycles. The van der Waals surface area contributed by atoms with E-state index in [0.29, 0.717) is 35.0 Å². The zero-order chi connectivity index (χ0) is 17.2. The second-order valence-corrected chi connectivity index (χ2v) is 6.59. The molecule has 2 aliphatic rings. The smallest absolute Gasteiger partial charge is 0.330 e. The molecule has 0 radical (unpaired) electrons. The molecule has 1 saturated heterocycles. The predicted octanol–water partition coefficient (Wildman–Crippen LogP) is 0.222. The average molecular weight is 352 g/mol. The number of amides is 2. The maximum Gasteiger partial charge on any atom is 0.330 e. The van der Waals surface area contributed by atoms with E-state index in [2.05, 4.69) is 10.6 Å². The van der Waals surface area contributed by atoms with Crippen LogP contribution in [-0.4, -0.2) is 53.3 Å². The molecule has 0 aromatic heterocycles. The van der Waals surface area contributed by atoms with Gasteiger partial charge in [-0.1, -0.05) is 0 Å². The summed E-state index contributed by atoms with van der Waals surface area (Å²) in [6.45, 7) is -0.189. The molecule has 0 bridgehead atoms. The lowest BCUT2D eigenvalue weighted by Crippen LogP contribution is -2.56. The van der Waals surface area contributed by atoms with Crippen molar-refractivity contribution in [3.05, 3.63) is 23.8 Å². The van der Waals surface area contributed by atoms with Crippen LogP contribution in [0.25, 0.3) is 0 Å². The van der Waals surface area contributed by atoms with E-state index in [1.54, 1.807) is 12.1 Å². The van der Waals surface area contributed by atoms with Gasteiger partial charge in [-0.15, -0.1) is 0 Å². The number of carboxylic acids is 1. The Morgan fingerprint density at radius 2 is 2.04 bits per heavy atom. The molecule has 0 spiro atoms. The third-order valence-electron chi connectivity index (χ3n) is 3.85. The maximum absolute atomic E-state index is 12.1. The Hall–Kier alpha value is -2.42. The van der Waals surface area contributed by atoms with Crippen molar-refractivity contribution in [2.45, 2.75) is 12.0 Å². The van der Waals surface area contributed by atoms with E-state index in [1.165, 1.54) is 17.8 Å². The Balaban J connectivity index is 1.56. The number of hydrogen-bond acceptors (Lipinski definition) is 6. The first kappa shape index (κ1) is 16.4. The second-order valence-electron chi connectivity index (χ2n) is 5.49. The monoisotopic (exact) mass is 352 g/mol. The molecule has 2 heterocycles. The Morgan fingerprint density at radius 1 is 1.25 bits per heavy atom. The molecule has 9 heteroatoms. The van der Waals surface area contributed by atoms with Crippen molar-refractivity contribution in [3.63, 3.8) is 0 Å². The van der Waals surface area contributed by atoms with Crippen molar-refractivity contribution in [2.24, 2.45) is 0 Å². The van der Waals surface area contributed by atoms with Gasteiger partial charge in [-0.05, 0) is 30.4 Å². The number of fused-ring (bicyclic) bond motifs is 1. The van der Waals surface area contributed by atoms with E-state index in [0.717, 1.165) is 0 Å². The van der Waals surface area contributed by atoms with Crippen molar-refractivity contribution in [1.82, 2.24) is 10.6 Å². The number of carbonyl (C=O) groups is 3. The summed E-state index contributed by atoms with van der Waals surface area (Å²) in [5, 5.41) is 14.3. The fraction of sp³-hybridized carbons (Fsp3) is 0.400. The quantitative estimate of drug-likeness (QED) is 0.695. The average Bonchev–Trinajstić information content (AvgIpc) is 3.21. The molecule has 128 valence electrons. The van der Waals surface area contributed by atoms with Gasteiger partial charge in [-0.2, -0.15) is 11.8 Å². The fourth-order valence-corrected chi connectivity index (χ4v) is 3.82. The zero-order valence-corrected chi connectivity index (χ0v) is 13.5. The molecule has 1 fully saturated rings. The number of thioether (sulfide) groups is 1. The van der Waals surface area contributed by atoms with Gasteiger partial charge in [0, 0.05) is 11.3 Å². The third-order valence-corrected chi connectivity index (χ3v) is 5.04. The summed E-state index contributed by atoms with van der Waals surface area (Å²) in [6, 6.07) is 4.71. The van der Waals surface area contributed by atoms with Crippen molar-refractivity contribution < 1.29 is 29.0 Å². The van der Waals surface area contributed by atoms with E-state index < -0.39 is 23.3 Å². The third kappa shape index (κ3) is 3.25. The van der Waals surface area contributed by atoms with Gasteiger partial charge in [0.05, 0.1) is 6.54 Å². The lowest BCUT2D eigenvalue weighted by Gasteiger charge is -2.24. The van der Waals surface area contributed by atoms with Gasteiger partial charge in [-0.25, -0.2) is 4.79 Å². The highest BCUT2D eigenvalue weighted by Gasteiger charge is 2.43. The number of carboxylic acid groups (broad SMARTS) is 1. The highest BCUT2D eigenvalue weighted by molar-refractivity contribution is 7.99. The lowest BCUT2D eigenvalue weighted by molar-refractivity contribution is -0.146. The Labute approximate surface area is 141 Å². The number of nitrogens with one attached hydrogen (secondary N) is 2. The van der Waals surface area contributed by atoms with Crippen molar-refractivity contribution in [1.29, 1.82) is 0 Å². The first-order chi connectivity index (χ1) is 11.5. The standard InChI is InChI=1S/C15H16N2O6S/c18-12(17-15(14(20)21)3-4-24-7-15)6-16-13(19)9-1-2-10-11(5-9)23-8-22-10/h1-2,5H,3-4,6-8H2,(H,16,19)(H,17,18)(H,20,21). The second kappa shape index (κ2) is 6.60. The summed E-state index contributed by atoms with van der Waals surface area (Å²) in [5.41, 5.74) is -0.915. The highest BCUT2D eigenvalue weighted by atomic mass is 32.2. The van der Waals surface area contributed by atoms with Crippen molar-refractivity contribution in [3.8, 4) is 11.5 Å². The largest absolute Gasteiger partial charge is 0.479 e. The SMILES string of the molecule is O=C(CNC(=O)c1ccc2c(c1)OCO2)NC1(C(=O)O)CCSC1. The summed E-state index contributed by atoms with van der Waals surface area (Å²) >= 11 is 1.48. The summed E-state index contributed by atoms with van der Waals surface area (Å²) < 4.78 is 10.4. The molecule has 1 unspecified atom stereocenters. The van der Waals surface area contributed by atoms with Gasteiger partial charge < -0.3 is 25.2 Å². The number of hydrogen-bond donors (Lipinski definition) is 3. The molecule has 0 saturated carbocycles. The van der Waals surface area contributed by atoms with Crippen LogP contribution < -0.4 is 20.1 Å². The minimum atomic E-state index is -1.24. The van der Waals surface area contributed by atoms with Crippen molar-refractivity contribution in [2.75, 3.05) is 24.8 Å². The van der Waals surface area contributed by atoms with Gasteiger partial charge in [0.25, 0.3) is 5.91 Å². The fourth-order valence-electron chi connectivity index (χ4n) is 2.50. The molecular formula is C15H16N2O6S. The van der Waals surface area contributed by atoms with Gasteiger partial charge in [-0.3, -0.25) is 9.59 Å². The predicted molar refractivity (Wildman–Crippen MR) is 85.3 cm³/mol. The molecule has 8 nitrogen and oxygen atoms in total. The van der Waals surface area contributed by atoms with Crippen LogP contribution in [0.15, 0.2) is 18.2 Å². The van der Waals surface area contributed by atoms with Gasteiger partial charge >= 0.3 is 5.97 Å². The van der Waals surface area contributed by atoms with Gasteiger partial charge in [0.2, 0.25) is 12.7 Å². The summed E-state index contributed by atoms with van der Waals surface area (Å²) in [5.74, 6) is -0.00256. The summed E-state index contributed by atoms with van der Waals surface area (Å²) in [4.78, 5) is 35.5. The van der Waals surface area contributed by atoms with Crippen molar-refractivity contribution >= 4 is 29.5 Å². The molecule has 1 aromatic rings. The van der Waals surface area contributed by atoms with Crippen LogP contribution in [0.1, 0.15) is 16.8 Å². The van der Waals surface area contributed by atoms with Crippen LogP contribution in [0.3, 0.4) is 0 Å². The van der Waals surface area contributed by atoms with Gasteiger partial charge in [0.15, 0.2) is 11.5 Å². The number of aliphatic carboxylic acids is 1. The number of carbonyl (C=O) groups excluding carboxylic acids is 2. The highest BCUT2D eigenvalue weighted by Crippen LogP contribution is 2.32. The summed E-state index contributed by atoms with van der Waals surface area (Å²) in [6.07, 6.45) is 0.370. The van der Waals surface area contributed by atoms with Crippen LogP contribution >= 0.6 is 11.8 Å². The first-order valence-corrected chi connectivity index (χ1v) is 8.46. The minimum absolute atomic E-state index is 0.109. The Kier molecular flexibility index (Phi) is 4.52. The van der Waals surface area contributed by atoms with Crippen LogP contribution in [0.4, 0.5) is 0 Å². The maximum atomic E-state index is 12.1.